The Labute approximate surface area is 155 Å². The van der Waals surface area contributed by atoms with E-state index in [-0.39, 0.29) is 23.9 Å². The van der Waals surface area contributed by atoms with E-state index >= 15 is 0 Å². The Morgan fingerprint density at radius 3 is 2.46 bits per heavy atom. The minimum absolute atomic E-state index is 0.0322. The number of nitrogens with one attached hydrogen (secondary N) is 1. The zero-order valence-corrected chi connectivity index (χ0v) is 15.9. The molecule has 2 N–H and O–H groups in total. The third-order valence-corrected chi connectivity index (χ3v) is 5.84. The quantitative estimate of drug-likeness (QED) is 0.847. The Morgan fingerprint density at radius 2 is 1.85 bits per heavy atom. The molecular weight excluding hydrogens is 330 g/mol. The van der Waals surface area contributed by atoms with Crippen LogP contribution in [-0.2, 0) is 4.79 Å². The fraction of sp³-hybridized carbons (Fsp3) is 0.600. The summed E-state index contributed by atoms with van der Waals surface area (Å²) in [6.45, 7) is 5.97. The predicted octanol–water partition coefficient (Wildman–Crippen LogP) is 1.09. The van der Waals surface area contributed by atoms with Crippen molar-refractivity contribution in [1.29, 1.82) is 0 Å². The lowest BCUT2D eigenvalue weighted by molar-refractivity contribution is -0.126. The molecule has 0 aliphatic carbocycles. The van der Waals surface area contributed by atoms with E-state index in [1.807, 2.05) is 36.9 Å². The molecule has 2 heterocycles. The number of aliphatic hydroxyl groups is 1. The number of carbonyl (C=O) groups excluding carboxylic acids is 2. The molecule has 0 saturated carbocycles. The van der Waals surface area contributed by atoms with Gasteiger partial charge in [-0.2, -0.15) is 0 Å². The Morgan fingerprint density at radius 1 is 1.15 bits per heavy atom. The second-order valence-electron chi connectivity index (χ2n) is 7.54. The number of aryl methyl sites for hydroxylation is 2. The van der Waals surface area contributed by atoms with Gasteiger partial charge in [-0.1, -0.05) is 6.07 Å². The van der Waals surface area contributed by atoms with Gasteiger partial charge in [0.15, 0.2) is 0 Å². The van der Waals surface area contributed by atoms with Gasteiger partial charge in [-0.05, 0) is 56.4 Å². The lowest BCUT2D eigenvalue weighted by atomic mass is 10.00. The Bertz CT molecular complexity index is 683. The smallest absolute Gasteiger partial charge is 0.253 e. The van der Waals surface area contributed by atoms with Crippen LogP contribution < -0.4 is 5.32 Å². The van der Waals surface area contributed by atoms with Crippen LogP contribution in [0.1, 0.15) is 40.7 Å². The lowest BCUT2D eigenvalue weighted by Gasteiger charge is -2.38. The van der Waals surface area contributed by atoms with Gasteiger partial charge in [0.05, 0.1) is 12.1 Å². The maximum Gasteiger partial charge on any atom is 0.253 e. The molecule has 0 unspecified atom stereocenters. The topological polar surface area (TPSA) is 72.9 Å². The highest BCUT2D eigenvalue weighted by molar-refractivity contribution is 5.94. The second-order valence-corrected chi connectivity index (χ2v) is 7.54. The summed E-state index contributed by atoms with van der Waals surface area (Å²) >= 11 is 0. The summed E-state index contributed by atoms with van der Waals surface area (Å²) in [6, 6.07) is 5.83. The first-order chi connectivity index (χ1) is 12.4. The van der Waals surface area contributed by atoms with Crippen LogP contribution in [0.2, 0.25) is 0 Å². The number of piperidine rings is 1. The average molecular weight is 359 g/mol. The van der Waals surface area contributed by atoms with E-state index in [1.54, 1.807) is 7.05 Å². The second kappa shape index (κ2) is 7.76. The Hall–Kier alpha value is -1.92. The van der Waals surface area contributed by atoms with Crippen LogP contribution in [-0.4, -0.2) is 71.6 Å². The number of hydrogen-bond donors (Lipinski definition) is 2. The Balaban J connectivity index is 1.62. The molecule has 2 aliphatic heterocycles. The summed E-state index contributed by atoms with van der Waals surface area (Å²) in [5, 5.41) is 12.7. The van der Waals surface area contributed by atoms with Crippen LogP contribution in [0.15, 0.2) is 18.2 Å². The molecule has 2 amide bonds. The molecule has 6 heteroatoms. The third kappa shape index (κ3) is 3.76. The summed E-state index contributed by atoms with van der Waals surface area (Å²) in [6.07, 6.45) is 1.70. The molecule has 26 heavy (non-hydrogen) atoms. The average Bonchev–Trinajstić information content (AvgIpc) is 3.04. The molecule has 0 bridgehead atoms. The van der Waals surface area contributed by atoms with E-state index in [1.165, 1.54) is 5.56 Å². The molecule has 2 fully saturated rings. The van der Waals surface area contributed by atoms with Crippen LogP contribution in [0.5, 0.6) is 0 Å². The number of aliphatic hydroxyl groups excluding tert-OH is 1. The van der Waals surface area contributed by atoms with Crippen molar-refractivity contribution in [2.45, 2.75) is 51.3 Å². The number of likely N-dealkylation sites (tertiary alicyclic amines) is 2. The summed E-state index contributed by atoms with van der Waals surface area (Å²) < 4.78 is 0. The molecule has 3 rings (SSSR count). The van der Waals surface area contributed by atoms with E-state index < -0.39 is 6.10 Å². The molecular formula is C20H29N3O3. The van der Waals surface area contributed by atoms with Crippen molar-refractivity contribution in [3.8, 4) is 0 Å². The first-order valence-electron chi connectivity index (χ1n) is 9.42. The van der Waals surface area contributed by atoms with Crippen molar-refractivity contribution in [2.75, 3.05) is 26.7 Å². The lowest BCUT2D eigenvalue weighted by Crippen LogP contribution is -2.51. The zero-order chi connectivity index (χ0) is 18.8. The number of hydrogen-bond acceptors (Lipinski definition) is 4. The van der Waals surface area contributed by atoms with E-state index in [0.717, 1.165) is 24.0 Å². The number of nitrogens with zero attached hydrogens (tertiary/aromatic N) is 2. The van der Waals surface area contributed by atoms with Gasteiger partial charge in [-0.25, -0.2) is 0 Å². The third-order valence-electron chi connectivity index (χ3n) is 5.84. The van der Waals surface area contributed by atoms with Gasteiger partial charge in [-0.3, -0.25) is 14.5 Å². The normalized spacial score (nSPS) is 24.7. The molecule has 2 atom stereocenters. The standard InChI is InChI=1S/C20H29N3O3/c1-13-4-5-15(10-14(13)2)20(26)22-8-6-16(7-9-22)23-12-17(24)11-18(23)19(25)21-3/h4-5,10,16-18,24H,6-9,11-12H2,1-3H3,(H,21,25)/t17-,18+/m1/s1. The maximum atomic E-state index is 12.8. The van der Waals surface area contributed by atoms with Crippen molar-refractivity contribution in [1.82, 2.24) is 15.1 Å². The predicted molar refractivity (Wildman–Crippen MR) is 100 cm³/mol. The van der Waals surface area contributed by atoms with E-state index in [0.29, 0.717) is 26.1 Å². The molecule has 142 valence electrons. The number of amides is 2. The van der Waals surface area contributed by atoms with Crippen molar-refractivity contribution < 1.29 is 14.7 Å². The molecule has 0 aromatic heterocycles. The van der Waals surface area contributed by atoms with Gasteiger partial charge in [0.1, 0.15) is 0 Å². The van der Waals surface area contributed by atoms with Crippen molar-refractivity contribution in [2.24, 2.45) is 0 Å². The van der Waals surface area contributed by atoms with Crippen LogP contribution in [0.25, 0.3) is 0 Å². The summed E-state index contributed by atoms with van der Waals surface area (Å²) in [5.74, 6) is 0.0473. The molecule has 2 aliphatic rings. The minimum Gasteiger partial charge on any atom is -0.392 e. The highest BCUT2D eigenvalue weighted by Crippen LogP contribution is 2.27. The summed E-state index contributed by atoms with van der Waals surface area (Å²) in [4.78, 5) is 28.9. The van der Waals surface area contributed by atoms with Gasteiger partial charge in [0.2, 0.25) is 5.91 Å². The van der Waals surface area contributed by atoms with Gasteiger partial charge in [0, 0.05) is 38.3 Å². The van der Waals surface area contributed by atoms with Crippen LogP contribution in [0, 0.1) is 13.8 Å². The maximum absolute atomic E-state index is 12.8. The summed E-state index contributed by atoms with van der Waals surface area (Å²) in [7, 11) is 1.63. The zero-order valence-electron chi connectivity index (χ0n) is 15.9. The molecule has 0 spiro atoms. The first-order valence-corrected chi connectivity index (χ1v) is 9.42. The molecule has 0 radical (unpaired) electrons. The van der Waals surface area contributed by atoms with Crippen molar-refractivity contribution in [3.63, 3.8) is 0 Å². The SMILES string of the molecule is CNC(=O)[C@@H]1C[C@@H](O)CN1C1CCN(C(=O)c2ccc(C)c(C)c2)CC1. The van der Waals surface area contributed by atoms with Crippen LogP contribution in [0.4, 0.5) is 0 Å². The number of rotatable bonds is 3. The van der Waals surface area contributed by atoms with Gasteiger partial charge < -0.3 is 15.3 Å². The number of carbonyl (C=O) groups is 2. The van der Waals surface area contributed by atoms with Gasteiger partial charge in [-0.15, -0.1) is 0 Å². The fourth-order valence-electron chi connectivity index (χ4n) is 4.12. The van der Waals surface area contributed by atoms with Gasteiger partial charge in [0.25, 0.3) is 5.91 Å². The molecule has 6 nitrogen and oxygen atoms in total. The largest absolute Gasteiger partial charge is 0.392 e. The highest BCUT2D eigenvalue weighted by Gasteiger charge is 2.40. The first kappa shape index (κ1) is 18.9. The highest BCUT2D eigenvalue weighted by atomic mass is 16.3. The van der Waals surface area contributed by atoms with E-state index in [9.17, 15) is 14.7 Å². The Kier molecular flexibility index (Phi) is 5.63. The number of β-amino-alcohol motifs (C(OH)–C–C–N with tert-alkyl or cyclic N) is 1. The van der Waals surface area contributed by atoms with Crippen LogP contribution >= 0.6 is 0 Å². The van der Waals surface area contributed by atoms with Crippen molar-refractivity contribution >= 4 is 11.8 Å². The summed E-state index contributed by atoms with van der Waals surface area (Å²) in [5.41, 5.74) is 3.06. The minimum atomic E-state index is -0.451. The molecule has 1 aromatic carbocycles. The number of likely N-dealkylation sites (N-methyl/N-ethyl adjacent to an activating group) is 1. The monoisotopic (exact) mass is 359 g/mol. The van der Waals surface area contributed by atoms with E-state index in [4.69, 9.17) is 0 Å². The van der Waals surface area contributed by atoms with Crippen molar-refractivity contribution in [3.05, 3.63) is 34.9 Å². The fourth-order valence-corrected chi connectivity index (χ4v) is 4.12. The number of benzene rings is 1. The molecule has 1 aromatic rings. The van der Waals surface area contributed by atoms with Crippen LogP contribution in [0.3, 0.4) is 0 Å². The van der Waals surface area contributed by atoms with Gasteiger partial charge >= 0.3 is 0 Å². The van der Waals surface area contributed by atoms with E-state index in [2.05, 4.69) is 10.2 Å². The molecule has 2 saturated heterocycles.